The van der Waals surface area contributed by atoms with Gasteiger partial charge in [0.05, 0.1) is 7.11 Å². The van der Waals surface area contributed by atoms with E-state index in [9.17, 15) is 0 Å². The summed E-state index contributed by atoms with van der Waals surface area (Å²) < 4.78 is 16.6. The van der Waals surface area contributed by atoms with Crippen molar-refractivity contribution in [3.63, 3.8) is 0 Å². The van der Waals surface area contributed by atoms with Crippen LogP contribution < -0.4 is 19.5 Å². The molecule has 0 unspecified atom stereocenters. The SMILES string of the molecule is COc1cc(CNCCCCCSC)cc2c1OCCO2. The number of rotatable bonds is 9. The van der Waals surface area contributed by atoms with Crippen molar-refractivity contribution in [2.45, 2.75) is 25.8 Å². The second-order valence-electron chi connectivity index (χ2n) is 5.05. The average molecular weight is 311 g/mol. The van der Waals surface area contributed by atoms with Crippen molar-refractivity contribution in [2.24, 2.45) is 0 Å². The molecule has 0 radical (unpaired) electrons. The summed E-state index contributed by atoms with van der Waals surface area (Å²) in [5.74, 6) is 3.53. The van der Waals surface area contributed by atoms with Gasteiger partial charge in [0.15, 0.2) is 11.5 Å². The Labute approximate surface area is 131 Å². The van der Waals surface area contributed by atoms with Gasteiger partial charge in [-0.15, -0.1) is 0 Å². The average Bonchev–Trinajstić information content (AvgIpc) is 2.53. The molecule has 0 bridgehead atoms. The molecular formula is C16H25NO3S. The van der Waals surface area contributed by atoms with Crippen LogP contribution in [0.5, 0.6) is 17.2 Å². The maximum atomic E-state index is 5.64. The Morgan fingerprint density at radius 3 is 2.86 bits per heavy atom. The zero-order valence-corrected chi connectivity index (χ0v) is 13.8. The summed E-state index contributed by atoms with van der Waals surface area (Å²) in [6, 6.07) is 4.06. The van der Waals surface area contributed by atoms with Crippen LogP contribution in [0.1, 0.15) is 24.8 Å². The minimum atomic E-state index is 0.580. The lowest BCUT2D eigenvalue weighted by atomic mass is 10.1. The summed E-state index contributed by atoms with van der Waals surface area (Å²) in [4.78, 5) is 0. The number of methoxy groups -OCH3 is 1. The summed E-state index contributed by atoms with van der Waals surface area (Å²) in [5.41, 5.74) is 1.17. The van der Waals surface area contributed by atoms with E-state index in [1.165, 1.54) is 30.6 Å². The number of thioether (sulfide) groups is 1. The number of fused-ring (bicyclic) bond motifs is 1. The lowest BCUT2D eigenvalue weighted by molar-refractivity contribution is 0.165. The number of hydrogen-bond acceptors (Lipinski definition) is 5. The quantitative estimate of drug-likeness (QED) is 0.710. The van der Waals surface area contributed by atoms with Gasteiger partial charge in [-0.1, -0.05) is 6.42 Å². The van der Waals surface area contributed by atoms with Crippen molar-refractivity contribution < 1.29 is 14.2 Å². The molecule has 0 saturated heterocycles. The third-order valence-electron chi connectivity index (χ3n) is 3.42. The molecule has 1 heterocycles. The predicted molar refractivity (Wildman–Crippen MR) is 87.9 cm³/mol. The van der Waals surface area contributed by atoms with E-state index >= 15 is 0 Å². The number of benzene rings is 1. The van der Waals surface area contributed by atoms with Gasteiger partial charge in [-0.3, -0.25) is 0 Å². The van der Waals surface area contributed by atoms with Crippen molar-refractivity contribution in [3.8, 4) is 17.2 Å². The highest BCUT2D eigenvalue weighted by Gasteiger charge is 2.18. The van der Waals surface area contributed by atoms with Gasteiger partial charge in [-0.25, -0.2) is 0 Å². The summed E-state index contributed by atoms with van der Waals surface area (Å²) in [5, 5.41) is 3.48. The molecule has 2 rings (SSSR count). The first-order valence-corrected chi connectivity index (χ1v) is 8.90. The number of unbranched alkanes of at least 4 members (excludes halogenated alkanes) is 2. The van der Waals surface area contributed by atoms with Crippen LogP contribution in [-0.2, 0) is 6.54 Å². The standard InChI is InChI=1S/C16H25NO3S/c1-18-14-10-13(11-15-16(14)20-8-7-19-15)12-17-6-4-3-5-9-21-2/h10-11,17H,3-9,12H2,1-2H3. The first kappa shape index (κ1) is 16.3. The van der Waals surface area contributed by atoms with Crippen LogP contribution in [0, 0.1) is 0 Å². The van der Waals surface area contributed by atoms with Gasteiger partial charge >= 0.3 is 0 Å². The lowest BCUT2D eigenvalue weighted by Gasteiger charge is -2.21. The van der Waals surface area contributed by atoms with Crippen LogP contribution in [0.4, 0.5) is 0 Å². The van der Waals surface area contributed by atoms with Crippen molar-refractivity contribution in [1.82, 2.24) is 5.32 Å². The smallest absolute Gasteiger partial charge is 0.203 e. The van der Waals surface area contributed by atoms with Crippen LogP contribution in [0.25, 0.3) is 0 Å². The zero-order valence-electron chi connectivity index (χ0n) is 12.9. The van der Waals surface area contributed by atoms with Crippen LogP contribution in [-0.4, -0.2) is 38.9 Å². The van der Waals surface area contributed by atoms with Gasteiger partial charge in [-0.2, -0.15) is 11.8 Å². The molecule has 118 valence electrons. The number of nitrogens with one attached hydrogen (secondary N) is 1. The number of hydrogen-bond donors (Lipinski definition) is 1. The highest BCUT2D eigenvalue weighted by Crippen LogP contribution is 2.40. The summed E-state index contributed by atoms with van der Waals surface area (Å²) in [7, 11) is 1.66. The van der Waals surface area contributed by atoms with Crippen molar-refractivity contribution in [2.75, 3.05) is 38.9 Å². The van der Waals surface area contributed by atoms with Gasteiger partial charge in [0.1, 0.15) is 13.2 Å². The minimum Gasteiger partial charge on any atom is -0.493 e. The Bertz CT molecular complexity index is 423. The second kappa shape index (κ2) is 9.05. The van der Waals surface area contributed by atoms with E-state index in [4.69, 9.17) is 14.2 Å². The van der Waals surface area contributed by atoms with Crippen LogP contribution in [0.15, 0.2) is 12.1 Å². The normalized spacial score (nSPS) is 13.2. The summed E-state index contributed by atoms with van der Waals surface area (Å²) >= 11 is 1.92. The van der Waals surface area contributed by atoms with Gasteiger partial charge < -0.3 is 19.5 Å². The largest absolute Gasteiger partial charge is 0.493 e. The zero-order chi connectivity index (χ0) is 14.9. The molecule has 1 aromatic rings. The Kier molecular flexibility index (Phi) is 7.03. The van der Waals surface area contributed by atoms with Gasteiger partial charge in [0.2, 0.25) is 5.75 Å². The molecule has 0 atom stereocenters. The monoisotopic (exact) mass is 311 g/mol. The molecule has 0 saturated carbocycles. The van der Waals surface area contributed by atoms with Crippen molar-refractivity contribution >= 4 is 11.8 Å². The maximum absolute atomic E-state index is 5.64. The third kappa shape index (κ3) is 5.00. The van der Waals surface area contributed by atoms with Gasteiger partial charge in [-0.05, 0) is 49.1 Å². The molecule has 0 fully saturated rings. The Hall–Kier alpha value is -1.07. The van der Waals surface area contributed by atoms with E-state index in [0.29, 0.717) is 13.2 Å². The highest BCUT2D eigenvalue weighted by atomic mass is 32.2. The van der Waals surface area contributed by atoms with Crippen molar-refractivity contribution in [3.05, 3.63) is 17.7 Å². The molecule has 0 aliphatic carbocycles. The molecule has 1 aliphatic rings. The summed E-state index contributed by atoms with van der Waals surface area (Å²) in [6.07, 6.45) is 5.98. The molecular weight excluding hydrogens is 286 g/mol. The molecule has 5 heteroatoms. The predicted octanol–water partition coefficient (Wildman–Crippen LogP) is 3.09. The van der Waals surface area contributed by atoms with E-state index in [-0.39, 0.29) is 0 Å². The number of ether oxygens (including phenoxy) is 3. The fraction of sp³-hybridized carbons (Fsp3) is 0.625. The highest BCUT2D eigenvalue weighted by molar-refractivity contribution is 7.98. The second-order valence-corrected chi connectivity index (χ2v) is 6.04. The lowest BCUT2D eigenvalue weighted by Crippen LogP contribution is -2.18. The first-order chi connectivity index (χ1) is 10.3. The molecule has 1 N–H and O–H groups in total. The first-order valence-electron chi connectivity index (χ1n) is 7.51. The third-order valence-corrected chi connectivity index (χ3v) is 4.12. The fourth-order valence-electron chi connectivity index (χ4n) is 2.34. The molecule has 21 heavy (non-hydrogen) atoms. The Morgan fingerprint density at radius 2 is 2.05 bits per heavy atom. The van der Waals surface area contributed by atoms with Gasteiger partial charge in [0.25, 0.3) is 0 Å². The minimum absolute atomic E-state index is 0.580. The van der Waals surface area contributed by atoms with Crippen LogP contribution >= 0.6 is 11.8 Å². The van der Waals surface area contributed by atoms with E-state index in [2.05, 4.69) is 11.6 Å². The maximum Gasteiger partial charge on any atom is 0.203 e. The van der Waals surface area contributed by atoms with E-state index in [0.717, 1.165) is 30.3 Å². The van der Waals surface area contributed by atoms with E-state index < -0.39 is 0 Å². The molecule has 1 aliphatic heterocycles. The van der Waals surface area contributed by atoms with Gasteiger partial charge in [0, 0.05) is 6.54 Å². The molecule has 0 aromatic heterocycles. The molecule has 1 aromatic carbocycles. The summed E-state index contributed by atoms with van der Waals surface area (Å²) in [6.45, 7) is 3.06. The Balaban J connectivity index is 1.80. The van der Waals surface area contributed by atoms with Crippen LogP contribution in [0.2, 0.25) is 0 Å². The molecule has 4 nitrogen and oxygen atoms in total. The molecule has 0 spiro atoms. The van der Waals surface area contributed by atoms with Crippen LogP contribution in [0.3, 0.4) is 0 Å². The molecule has 0 amide bonds. The van der Waals surface area contributed by atoms with E-state index in [1.54, 1.807) is 7.11 Å². The topological polar surface area (TPSA) is 39.7 Å². The van der Waals surface area contributed by atoms with E-state index in [1.807, 2.05) is 23.9 Å². The van der Waals surface area contributed by atoms with Crippen molar-refractivity contribution in [1.29, 1.82) is 0 Å². The fourth-order valence-corrected chi connectivity index (χ4v) is 2.83. The Morgan fingerprint density at radius 1 is 1.19 bits per heavy atom.